The molecule has 0 bridgehead atoms. The summed E-state index contributed by atoms with van der Waals surface area (Å²) in [5, 5.41) is 1.19. The van der Waals surface area contributed by atoms with Crippen LogP contribution in [0.5, 0.6) is 0 Å². The molecule has 156 valence electrons. The Labute approximate surface area is 181 Å². The number of carbonyl (C=O) groups excluding carboxylic acids is 1. The van der Waals surface area contributed by atoms with Crippen molar-refractivity contribution < 1.29 is 4.79 Å². The summed E-state index contributed by atoms with van der Waals surface area (Å²) in [6.07, 6.45) is 0. The molecular formula is C25H25N5O. The fourth-order valence-electron chi connectivity index (χ4n) is 4.18. The standard InChI is InChI=1S/C25H25N5O/c1-16-14-24(28-21-7-5-4-6-20(16)21)29-10-12-30(13-11-29)25(31)19-8-9-22-23(15-19)27-18(3)17(2)26-22/h4-9,14-15H,10-13H2,1-3H3. The SMILES string of the molecule is Cc1nc2ccc(C(=O)N3CCN(c4cc(C)c5ccccc5n4)CC3)cc2nc1C. The Morgan fingerprint density at radius 3 is 2.26 bits per heavy atom. The van der Waals surface area contributed by atoms with Gasteiger partial charge in [-0.05, 0) is 56.7 Å². The summed E-state index contributed by atoms with van der Waals surface area (Å²) in [5.41, 5.74) is 6.30. The predicted molar refractivity (Wildman–Crippen MR) is 124 cm³/mol. The molecule has 1 aliphatic rings. The maximum absolute atomic E-state index is 13.1. The molecule has 0 atom stereocenters. The normalized spacial score (nSPS) is 14.4. The lowest BCUT2D eigenvalue weighted by Gasteiger charge is -2.35. The van der Waals surface area contributed by atoms with Gasteiger partial charge in [-0.15, -0.1) is 0 Å². The highest BCUT2D eigenvalue weighted by molar-refractivity contribution is 5.97. The van der Waals surface area contributed by atoms with Crippen molar-refractivity contribution in [2.75, 3.05) is 31.1 Å². The monoisotopic (exact) mass is 411 g/mol. The first-order valence-corrected chi connectivity index (χ1v) is 10.7. The first-order chi connectivity index (χ1) is 15.0. The third-order valence-corrected chi connectivity index (χ3v) is 6.12. The van der Waals surface area contributed by atoms with Crippen LogP contribution in [0, 0.1) is 20.8 Å². The van der Waals surface area contributed by atoms with E-state index in [9.17, 15) is 4.79 Å². The van der Waals surface area contributed by atoms with Gasteiger partial charge in [0, 0.05) is 37.1 Å². The summed E-state index contributed by atoms with van der Waals surface area (Å²) in [6, 6.07) is 16.0. The van der Waals surface area contributed by atoms with Gasteiger partial charge in [0.05, 0.1) is 27.9 Å². The summed E-state index contributed by atoms with van der Waals surface area (Å²) in [5.74, 6) is 1.03. The summed E-state index contributed by atoms with van der Waals surface area (Å²) in [4.78, 5) is 31.3. The summed E-state index contributed by atoms with van der Waals surface area (Å²) in [6.45, 7) is 8.89. The largest absolute Gasteiger partial charge is 0.353 e. The van der Waals surface area contributed by atoms with E-state index >= 15 is 0 Å². The van der Waals surface area contributed by atoms with Crippen molar-refractivity contribution in [3.05, 3.63) is 71.0 Å². The molecule has 6 nitrogen and oxygen atoms in total. The molecular weight excluding hydrogens is 386 g/mol. The summed E-state index contributed by atoms with van der Waals surface area (Å²) < 4.78 is 0. The van der Waals surface area contributed by atoms with E-state index in [2.05, 4.69) is 40.0 Å². The van der Waals surface area contributed by atoms with Crippen molar-refractivity contribution in [1.82, 2.24) is 19.9 Å². The van der Waals surface area contributed by atoms with Crippen molar-refractivity contribution in [2.24, 2.45) is 0 Å². The van der Waals surface area contributed by atoms with Crippen LogP contribution in [-0.4, -0.2) is 51.9 Å². The van der Waals surface area contributed by atoms with E-state index in [1.54, 1.807) is 0 Å². The number of rotatable bonds is 2. The number of amides is 1. The maximum atomic E-state index is 13.1. The average Bonchev–Trinajstić information content (AvgIpc) is 2.79. The molecule has 6 heteroatoms. The number of aryl methyl sites for hydroxylation is 3. The Balaban J connectivity index is 1.33. The molecule has 4 aromatic rings. The van der Waals surface area contributed by atoms with Crippen LogP contribution in [0.2, 0.25) is 0 Å². The lowest BCUT2D eigenvalue weighted by molar-refractivity contribution is 0.0746. The van der Waals surface area contributed by atoms with Gasteiger partial charge in [-0.1, -0.05) is 18.2 Å². The van der Waals surface area contributed by atoms with Gasteiger partial charge in [0.2, 0.25) is 0 Å². The van der Waals surface area contributed by atoms with Crippen LogP contribution in [0.1, 0.15) is 27.3 Å². The number of anilines is 1. The van der Waals surface area contributed by atoms with Crippen molar-refractivity contribution in [3.8, 4) is 0 Å². The van der Waals surface area contributed by atoms with Crippen molar-refractivity contribution >= 4 is 33.7 Å². The van der Waals surface area contributed by atoms with Crippen LogP contribution in [-0.2, 0) is 0 Å². The number of piperazine rings is 1. The van der Waals surface area contributed by atoms with Gasteiger partial charge in [0.15, 0.2) is 0 Å². The van der Waals surface area contributed by atoms with Gasteiger partial charge < -0.3 is 9.80 Å². The lowest BCUT2D eigenvalue weighted by Crippen LogP contribution is -2.49. The number of carbonyl (C=O) groups is 1. The van der Waals surface area contributed by atoms with Crippen molar-refractivity contribution in [3.63, 3.8) is 0 Å². The van der Waals surface area contributed by atoms with Gasteiger partial charge in [-0.3, -0.25) is 4.79 Å². The molecule has 1 amide bonds. The minimum absolute atomic E-state index is 0.0456. The third-order valence-electron chi connectivity index (χ3n) is 6.12. The van der Waals surface area contributed by atoms with Crippen LogP contribution in [0.3, 0.4) is 0 Å². The van der Waals surface area contributed by atoms with Crippen LogP contribution < -0.4 is 4.90 Å². The molecule has 1 fully saturated rings. The minimum atomic E-state index is 0.0456. The quantitative estimate of drug-likeness (QED) is 0.498. The lowest BCUT2D eigenvalue weighted by atomic mass is 10.1. The highest BCUT2D eigenvalue weighted by atomic mass is 16.2. The molecule has 3 heterocycles. The zero-order valence-electron chi connectivity index (χ0n) is 18.1. The second kappa shape index (κ2) is 7.61. The van der Waals surface area contributed by atoms with Crippen molar-refractivity contribution in [1.29, 1.82) is 0 Å². The van der Waals surface area contributed by atoms with Gasteiger partial charge in [-0.2, -0.15) is 0 Å². The topological polar surface area (TPSA) is 62.2 Å². The number of benzene rings is 2. The Kier molecular flexibility index (Phi) is 4.77. The van der Waals surface area contributed by atoms with Gasteiger partial charge in [-0.25, -0.2) is 15.0 Å². The number of hydrogen-bond donors (Lipinski definition) is 0. The van der Waals surface area contributed by atoms with Gasteiger partial charge in [0.25, 0.3) is 5.91 Å². The summed E-state index contributed by atoms with van der Waals surface area (Å²) >= 11 is 0. The number of pyridine rings is 1. The third kappa shape index (κ3) is 3.58. The average molecular weight is 412 g/mol. The Hall–Kier alpha value is -3.54. The molecule has 0 aliphatic carbocycles. The summed E-state index contributed by atoms with van der Waals surface area (Å²) in [7, 11) is 0. The number of aromatic nitrogens is 3. The van der Waals surface area contributed by atoms with E-state index in [1.165, 1.54) is 10.9 Å². The van der Waals surface area contributed by atoms with E-state index in [0.29, 0.717) is 18.7 Å². The number of nitrogens with zero attached hydrogens (tertiary/aromatic N) is 5. The minimum Gasteiger partial charge on any atom is -0.353 e. The molecule has 0 saturated carbocycles. The van der Waals surface area contributed by atoms with E-state index in [0.717, 1.165) is 46.8 Å². The number of hydrogen-bond acceptors (Lipinski definition) is 5. The van der Waals surface area contributed by atoms with Crippen LogP contribution in [0.15, 0.2) is 48.5 Å². The van der Waals surface area contributed by atoms with Gasteiger partial charge >= 0.3 is 0 Å². The molecule has 31 heavy (non-hydrogen) atoms. The van der Waals surface area contributed by atoms with E-state index in [4.69, 9.17) is 4.98 Å². The van der Waals surface area contributed by atoms with Crippen LogP contribution >= 0.6 is 0 Å². The number of para-hydroxylation sites is 1. The van der Waals surface area contributed by atoms with Gasteiger partial charge in [0.1, 0.15) is 5.82 Å². The maximum Gasteiger partial charge on any atom is 0.254 e. The van der Waals surface area contributed by atoms with E-state index < -0.39 is 0 Å². The fraction of sp³-hybridized carbons (Fsp3) is 0.280. The highest BCUT2D eigenvalue weighted by Gasteiger charge is 2.23. The highest BCUT2D eigenvalue weighted by Crippen LogP contribution is 2.24. The molecule has 0 spiro atoms. The molecule has 0 N–H and O–H groups in total. The van der Waals surface area contributed by atoms with E-state index in [1.807, 2.05) is 49.1 Å². The molecule has 1 aliphatic heterocycles. The van der Waals surface area contributed by atoms with Crippen LogP contribution in [0.25, 0.3) is 21.9 Å². The zero-order valence-corrected chi connectivity index (χ0v) is 18.1. The molecule has 0 radical (unpaired) electrons. The molecule has 1 saturated heterocycles. The second-order valence-electron chi connectivity index (χ2n) is 8.19. The fourth-order valence-corrected chi connectivity index (χ4v) is 4.18. The Morgan fingerprint density at radius 1 is 0.774 bits per heavy atom. The first kappa shape index (κ1) is 19.4. The van der Waals surface area contributed by atoms with Crippen molar-refractivity contribution in [2.45, 2.75) is 20.8 Å². The Bertz CT molecular complexity index is 1310. The Morgan fingerprint density at radius 2 is 1.48 bits per heavy atom. The molecule has 0 unspecified atom stereocenters. The molecule has 5 rings (SSSR count). The second-order valence-corrected chi connectivity index (χ2v) is 8.19. The first-order valence-electron chi connectivity index (χ1n) is 10.7. The van der Waals surface area contributed by atoms with Crippen LogP contribution in [0.4, 0.5) is 5.82 Å². The van der Waals surface area contributed by atoms with E-state index in [-0.39, 0.29) is 5.91 Å². The zero-order chi connectivity index (χ0) is 21.5. The number of fused-ring (bicyclic) bond motifs is 2. The molecule has 2 aromatic carbocycles. The smallest absolute Gasteiger partial charge is 0.254 e. The molecule has 2 aromatic heterocycles. The predicted octanol–water partition coefficient (Wildman–Crippen LogP) is 4.07.